The number of fused-ring (bicyclic) bond motifs is 4. The lowest BCUT2D eigenvalue weighted by Crippen LogP contribution is -2.49. The Bertz CT molecular complexity index is 1160. The van der Waals surface area contributed by atoms with Crippen LogP contribution in [-0.4, -0.2) is 0 Å². The molecule has 7 fully saturated rings. The molecular formula is C43H64. The topological polar surface area (TPSA) is 0 Å². The first-order chi connectivity index (χ1) is 20.2. The van der Waals surface area contributed by atoms with E-state index < -0.39 is 0 Å². The van der Waals surface area contributed by atoms with Gasteiger partial charge >= 0.3 is 0 Å². The molecule has 0 spiro atoms. The van der Waals surface area contributed by atoms with Gasteiger partial charge in [0.2, 0.25) is 0 Å². The van der Waals surface area contributed by atoms with Gasteiger partial charge in [0.05, 0.1) is 0 Å². The Balaban J connectivity index is 1.20. The lowest BCUT2D eigenvalue weighted by molar-refractivity contribution is -0.0901. The minimum absolute atomic E-state index is 0.221. The monoisotopic (exact) mass is 581 g/mol. The number of hydrogen-bond donors (Lipinski definition) is 0. The van der Waals surface area contributed by atoms with Gasteiger partial charge in [-0.2, -0.15) is 0 Å². The smallest absolute Gasteiger partial charge is 0.00952 e. The van der Waals surface area contributed by atoms with E-state index in [9.17, 15) is 0 Å². The summed E-state index contributed by atoms with van der Waals surface area (Å²) in [5, 5.41) is 0. The molecule has 0 heterocycles. The molecule has 7 saturated carbocycles. The molecule has 0 saturated heterocycles. The van der Waals surface area contributed by atoms with E-state index in [-0.39, 0.29) is 10.8 Å². The predicted molar refractivity (Wildman–Crippen MR) is 182 cm³/mol. The highest BCUT2D eigenvalue weighted by Gasteiger charge is 2.66. The first-order valence-corrected chi connectivity index (χ1v) is 19.0. The first-order valence-electron chi connectivity index (χ1n) is 19.0. The lowest BCUT2D eigenvalue weighted by Gasteiger charge is -2.59. The van der Waals surface area contributed by atoms with Crippen LogP contribution in [0.3, 0.4) is 0 Å². The summed E-state index contributed by atoms with van der Waals surface area (Å²) in [6.45, 7) is 22.7. The van der Waals surface area contributed by atoms with E-state index in [1.807, 2.05) is 0 Å². The second-order valence-corrected chi connectivity index (χ2v) is 20.6. The van der Waals surface area contributed by atoms with Gasteiger partial charge in [0, 0.05) is 0 Å². The van der Waals surface area contributed by atoms with Crippen molar-refractivity contribution < 1.29 is 0 Å². The van der Waals surface area contributed by atoms with Crippen molar-refractivity contribution in [1.82, 2.24) is 0 Å². The van der Waals surface area contributed by atoms with E-state index >= 15 is 0 Å². The quantitative estimate of drug-likeness (QED) is 0.311. The highest BCUT2D eigenvalue weighted by molar-refractivity contribution is 5.40. The normalized spacial score (nSPS) is 51.5. The van der Waals surface area contributed by atoms with E-state index in [0.717, 1.165) is 58.7 Å². The van der Waals surface area contributed by atoms with Gasteiger partial charge < -0.3 is 0 Å². The molecule has 9 aliphatic carbocycles. The zero-order valence-corrected chi connectivity index (χ0v) is 29.3. The van der Waals surface area contributed by atoms with E-state index in [4.69, 9.17) is 0 Å². The molecule has 0 amide bonds. The number of hydrogen-bond acceptors (Lipinski definition) is 0. The second-order valence-electron chi connectivity index (χ2n) is 20.6. The fraction of sp³-hybridized carbons (Fsp3) is 0.814. The maximum atomic E-state index is 2.87. The van der Waals surface area contributed by atoms with E-state index in [1.54, 1.807) is 62.5 Å². The molecule has 0 heteroatoms. The van der Waals surface area contributed by atoms with Crippen molar-refractivity contribution in [3.63, 3.8) is 0 Å². The molecule has 0 radical (unpaired) electrons. The van der Waals surface area contributed by atoms with Crippen LogP contribution in [0.4, 0.5) is 0 Å². The Kier molecular flexibility index (Phi) is 6.49. The average molecular weight is 581 g/mol. The number of allylic oxidation sites excluding steroid dienone is 8. The molecular weight excluding hydrogens is 516 g/mol. The van der Waals surface area contributed by atoms with Crippen LogP contribution in [0.15, 0.2) is 47.6 Å². The highest BCUT2D eigenvalue weighted by Crippen LogP contribution is 2.74. The van der Waals surface area contributed by atoms with Crippen LogP contribution >= 0.6 is 0 Å². The van der Waals surface area contributed by atoms with Crippen LogP contribution in [0.5, 0.6) is 0 Å². The van der Waals surface area contributed by atoms with Crippen LogP contribution < -0.4 is 0 Å². The standard InChI is InChI=1S/C43H64/c1-25(2)37-24-42(9,38-20-31(19-34(37)38)43-21-26-14-27(22-43)16-28(15-26)23-43)39-35-17-29(40(3,4)5)10-12-32(35)33-13-11-30(18-36(33)39)41(6,7)8/h10-13,17-18,25-28,31-39H,14-16,19-24H2,1-9H3. The maximum absolute atomic E-state index is 2.87. The maximum Gasteiger partial charge on any atom is -0.00952 e. The van der Waals surface area contributed by atoms with E-state index in [1.165, 1.54) is 6.42 Å². The average Bonchev–Trinajstić information content (AvgIpc) is 3.57. The molecule has 0 N–H and O–H groups in total. The van der Waals surface area contributed by atoms with E-state index in [2.05, 4.69) is 98.8 Å². The molecule has 0 nitrogen and oxygen atoms in total. The lowest BCUT2D eigenvalue weighted by atomic mass is 9.46. The highest BCUT2D eigenvalue weighted by atomic mass is 14.7. The van der Waals surface area contributed by atoms with Gasteiger partial charge in [-0.05, 0) is 168 Å². The fourth-order valence-corrected chi connectivity index (χ4v) is 14.4. The Morgan fingerprint density at radius 3 is 1.58 bits per heavy atom. The summed E-state index contributed by atoms with van der Waals surface area (Å²) >= 11 is 0. The Morgan fingerprint density at radius 2 is 1.14 bits per heavy atom. The molecule has 43 heavy (non-hydrogen) atoms. The van der Waals surface area contributed by atoms with Crippen molar-refractivity contribution in [3.05, 3.63) is 47.6 Å². The molecule has 236 valence electrons. The predicted octanol–water partition coefficient (Wildman–Crippen LogP) is 11.7. The van der Waals surface area contributed by atoms with Crippen molar-refractivity contribution in [3.8, 4) is 0 Å². The molecule has 9 atom stereocenters. The first kappa shape index (κ1) is 29.4. The van der Waals surface area contributed by atoms with Crippen molar-refractivity contribution in [2.45, 2.75) is 120 Å². The van der Waals surface area contributed by atoms with Crippen LogP contribution in [0, 0.1) is 98.6 Å². The summed E-state index contributed by atoms with van der Waals surface area (Å²) in [6, 6.07) is 0. The van der Waals surface area contributed by atoms with E-state index in [0.29, 0.717) is 29.1 Å². The van der Waals surface area contributed by atoms with Crippen molar-refractivity contribution in [2.24, 2.45) is 98.6 Å². The Hall–Kier alpha value is -1.04. The molecule has 0 aromatic carbocycles. The van der Waals surface area contributed by atoms with Crippen LogP contribution in [0.25, 0.3) is 0 Å². The summed E-state index contributed by atoms with van der Waals surface area (Å²) in [5.41, 5.74) is 4.80. The molecule has 0 aromatic heterocycles. The molecule has 9 unspecified atom stereocenters. The minimum Gasteiger partial charge on any atom is -0.0799 e. The van der Waals surface area contributed by atoms with Crippen LogP contribution in [-0.2, 0) is 0 Å². The van der Waals surface area contributed by atoms with Crippen molar-refractivity contribution in [1.29, 1.82) is 0 Å². The van der Waals surface area contributed by atoms with Gasteiger partial charge in [-0.1, -0.05) is 98.8 Å². The Morgan fingerprint density at radius 1 is 0.651 bits per heavy atom. The zero-order valence-electron chi connectivity index (χ0n) is 29.3. The SMILES string of the molecule is CC(C)C1CC(C)(C2C3C=C(C(C)(C)C)C=CC3C3C=CC(C(C)(C)C)=CC32)C2CC(C34CC5CC(CC(C5)C3)C4)CC12. The third-order valence-electron chi connectivity index (χ3n) is 15.9. The van der Waals surface area contributed by atoms with Gasteiger partial charge in [0.25, 0.3) is 0 Å². The van der Waals surface area contributed by atoms with Crippen LogP contribution in [0.2, 0.25) is 0 Å². The van der Waals surface area contributed by atoms with Gasteiger partial charge in [0.15, 0.2) is 0 Å². The molecule has 0 aliphatic heterocycles. The fourth-order valence-electron chi connectivity index (χ4n) is 14.4. The molecule has 9 aliphatic rings. The summed E-state index contributed by atoms with van der Waals surface area (Å²) in [4.78, 5) is 0. The zero-order chi connectivity index (χ0) is 30.3. The van der Waals surface area contributed by atoms with Gasteiger partial charge in [-0.25, -0.2) is 0 Å². The van der Waals surface area contributed by atoms with Crippen molar-refractivity contribution >= 4 is 0 Å². The molecule has 9 rings (SSSR count). The summed E-state index contributed by atoms with van der Waals surface area (Å²) in [6.07, 6.45) is 30.3. The van der Waals surface area contributed by atoms with Crippen LogP contribution in [0.1, 0.15) is 120 Å². The molecule has 4 bridgehead atoms. The second kappa shape index (κ2) is 9.50. The Labute approximate surface area is 265 Å². The molecule has 0 aromatic rings. The largest absolute Gasteiger partial charge is 0.0799 e. The van der Waals surface area contributed by atoms with Gasteiger partial charge in [-0.3, -0.25) is 0 Å². The third-order valence-corrected chi connectivity index (χ3v) is 15.9. The van der Waals surface area contributed by atoms with Gasteiger partial charge in [0.1, 0.15) is 0 Å². The summed E-state index contributed by atoms with van der Waals surface area (Å²) in [5.74, 6) is 11.4. The summed E-state index contributed by atoms with van der Waals surface area (Å²) in [7, 11) is 0. The van der Waals surface area contributed by atoms with Gasteiger partial charge in [-0.15, -0.1) is 0 Å². The van der Waals surface area contributed by atoms with Crippen molar-refractivity contribution in [2.75, 3.05) is 0 Å². The third kappa shape index (κ3) is 4.39. The number of rotatable bonds is 3. The summed E-state index contributed by atoms with van der Waals surface area (Å²) < 4.78 is 0. The minimum atomic E-state index is 0.221.